The molecule has 2 N–H and O–H groups in total. The maximum Gasteiger partial charge on any atom is 0.330 e. The third kappa shape index (κ3) is 2.38. The first-order chi connectivity index (χ1) is 8.52. The molecule has 7 nitrogen and oxygen atoms in total. The Morgan fingerprint density at radius 3 is 2.94 bits per heavy atom. The quantitative estimate of drug-likeness (QED) is 0.750. The summed E-state index contributed by atoms with van der Waals surface area (Å²) in [5.41, 5.74) is -0.394. The SMILES string of the molecule is Cc1cn([C@H]2C[C@@H](C)N(CCO)O2)c(=O)[nH]c1=O. The Balaban J connectivity index is 2.26. The second kappa shape index (κ2) is 5.05. The molecular formula is C11H17N3O4. The second-order valence-electron chi connectivity index (χ2n) is 4.49. The molecule has 2 atom stereocenters. The van der Waals surface area contributed by atoms with E-state index >= 15 is 0 Å². The van der Waals surface area contributed by atoms with Crippen LogP contribution in [0.15, 0.2) is 15.8 Å². The number of nitrogens with zero attached hydrogens (tertiary/aromatic N) is 2. The zero-order valence-electron chi connectivity index (χ0n) is 10.4. The molecule has 2 rings (SSSR count). The maximum atomic E-state index is 11.7. The predicted molar refractivity (Wildman–Crippen MR) is 64.1 cm³/mol. The van der Waals surface area contributed by atoms with Crippen molar-refractivity contribution in [3.8, 4) is 0 Å². The molecule has 0 spiro atoms. The van der Waals surface area contributed by atoms with Crippen molar-refractivity contribution < 1.29 is 9.94 Å². The van der Waals surface area contributed by atoms with E-state index in [-0.39, 0.29) is 18.2 Å². The molecule has 1 saturated heterocycles. The van der Waals surface area contributed by atoms with Crippen LogP contribution >= 0.6 is 0 Å². The van der Waals surface area contributed by atoms with Gasteiger partial charge in [-0.15, -0.1) is 0 Å². The van der Waals surface area contributed by atoms with Crippen LogP contribution in [-0.4, -0.2) is 38.9 Å². The minimum atomic E-state index is -0.478. The van der Waals surface area contributed by atoms with Crippen molar-refractivity contribution in [3.63, 3.8) is 0 Å². The summed E-state index contributed by atoms with van der Waals surface area (Å²) in [7, 11) is 0. The highest BCUT2D eigenvalue weighted by Crippen LogP contribution is 2.26. The van der Waals surface area contributed by atoms with Crippen LogP contribution in [0, 0.1) is 6.92 Å². The van der Waals surface area contributed by atoms with E-state index in [0.717, 1.165) is 0 Å². The number of hydrogen-bond acceptors (Lipinski definition) is 5. The Hall–Kier alpha value is -1.44. The van der Waals surface area contributed by atoms with Crippen molar-refractivity contribution in [2.75, 3.05) is 13.2 Å². The Bertz CT molecular complexity index is 536. The van der Waals surface area contributed by atoms with Crippen LogP contribution in [0.3, 0.4) is 0 Å². The number of hydroxylamine groups is 2. The van der Waals surface area contributed by atoms with Gasteiger partial charge in [0.05, 0.1) is 6.61 Å². The molecule has 100 valence electrons. The number of aliphatic hydroxyl groups excluding tert-OH is 1. The molecule has 2 heterocycles. The number of β-amino-alcohol motifs (C(OH)–C–C–N with tert-alkyl or cyclic N) is 1. The highest BCUT2D eigenvalue weighted by Gasteiger charge is 2.31. The molecule has 7 heteroatoms. The Morgan fingerprint density at radius 2 is 2.28 bits per heavy atom. The van der Waals surface area contributed by atoms with Crippen molar-refractivity contribution >= 4 is 0 Å². The van der Waals surface area contributed by atoms with Crippen molar-refractivity contribution in [1.29, 1.82) is 0 Å². The number of nitrogens with one attached hydrogen (secondary N) is 1. The molecule has 1 fully saturated rings. The number of hydrogen-bond donors (Lipinski definition) is 2. The number of aromatic nitrogens is 2. The van der Waals surface area contributed by atoms with E-state index in [1.807, 2.05) is 6.92 Å². The van der Waals surface area contributed by atoms with Crippen LogP contribution in [0.2, 0.25) is 0 Å². The number of H-pyrrole nitrogens is 1. The normalized spacial score (nSPS) is 24.6. The van der Waals surface area contributed by atoms with Gasteiger partial charge in [-0.1, -0.05) is 0 Å². The summed E-state index contributed by atoms with van der Waals surface area (Å²) in [6.45, 7) is 3.99. The van der Waals surface area contributed by atoms with Crippen molar-refractivity contribution in [2.45, 2.75) is 32.5 Å². The molecule has 0 aromatic carbocycles. The minimum Gasteiger partial charge on any atom is -0.395 e. The molecular weight excluding hydrogens is 238 g/mol. The Kier molecular flexibility index (Phi) is 3.65. The number of aromatic amines is 1. The van der Waals surface area contributed by atoms with Crippen LogP contribution in [0.25, 0.3) is 0 Å². The van der Waals surface area contributed by atoms with Gasteiger partial charge in [0.2, 0.25) is 0 Å². The van der Waals surface area contributed by atoms with Crippen molar-refractivity contribution in [3.05, 3.63) is 32.6 Å². The first-order valence-corrected chi connectivity index (χ1v) is 5.89. The molecule has 1 aliphatic heterocycles. The first kappa shape index (κ1) is 13.0. The first-order valence-electron chi connectivity index (χ1n) is 5.89. The standard InChI is InChI=1S/C11H17N3O4/c1-7-6-13(11(17)12-10(7)16)9-5-8(2)14(18-9)3-4-15/h6,8-9,15H,3-5H2,1-2H3,(H,12,16,17)/t8-,9-/m1/s1. The van der Waals surface area contributed by atoms with Crippen molar-refractivity contribution in [1.82, 2.24) is 14.6 Å². The highest BCUT2D eigenvalue weighted by atomic mass is 16.7. The van der Waals surface area contributed by atoms with Crippen molar-refractivity contribution in [2.24, 2.45) is 0 Å². The third-order valence-corrected chi connectivity index (χ3v) is 3.07. The summed E-state index contributed by atoms with van der Waals surface area (Å²) in [6, 6.07) is 0.112. The lowest BCUT2D eigenvalue weighted by molar-refractivity contribution is -0.185. The van der Waals surface area contributed by atoms with Gasteiger partial charge >= 0.3 is 5.69 Å². The molecule has 1 aromatic rings. The lowest BCUT2D eigenvalue weighted by Crippen LogP contribution is -2.34. The summed E-state index contributed by atoms with van der Waals surface area (Å²) < 4.78 is 1.38. The van der Waals surface area contributed by atoms with Crippen LogP contribution < -0.4 is 11.2 Å². The van der Waals surface area contributed by atoms with Gasteiger partial charge in [-0.3, -0.25) is 19.2 Å². The topological polar surface area (TPSA) is 87.6 Å². The molecule has 1 aliphatic rings. The van der Waals surface area contributed by atoms with Gasteiger partial charge in [-0.2, -0.15) is 5.06 Å². The molecule has 0 radical (unpaired) electrons. The largest absolute Gasteiger partial charge is 0.395 e. The molecule has 0 unspecified atom stereocenters. The van der Waals surface area contributed by atoms with Gasteiger partial charge in [0.25, 0.3) is 5.56 Å². The van der Waals surface area contributed by atoms with Gasteiger partial charge in [0.1, 0.15) is 0 Å². The third-order valence-electron chi connectivity index (χ3n) is 3.07. The summed E-state index contributed by atoms with van der Waals surface area (Å²) in [5, 5.41) is 10.5. The molecule has 18 heavy (non-hydrogen) atoms. The van der Waals surface area contributed by atoms with E-state index in [0.29, 0.717) is 18.5 Å². The molecule has 0 amide bonds. The zero-order chi connectivity index (χ0) is 13.3. The predicted octanol–water partition coefficient (Wildman–Crippen LogP) is -0.638. The molecule has 0 saturated carbocycles. The van der Waals surface area contributed by atoms with Gasteiger partial charge in [-0.25, -0.2) is 4.79 Å². The molecule has 0 aliphatic carbocycles. The van der Waals surface area contributed by atoms with Gasteiger partial charge in [0.15, 0.2) is 6.23 Å². The van der Waals surface area contributed by atoms with Gasteiger partial charge < -0.3 is 5.11 Å². The highest BCUT2D eigenvalue weighted by molar-refractivity contribution is 5.01. The lowest BCUT2D eigenvalue weighted by Gasteiger charge is -2.18. The van der Waals surface area contributed by atoms with Gasteiger partial charge in [0, 0.05) is 30.8 Å². The number of aliphatic hydroxyl groups is 1. The van der Waals surface area contributed by atoms with E-state index in [4.69, 9.17) is 9.94 Å². The molecule has 1 aromatic heterocycles. The lowest BCUT2D eigenvalue weighted by atomic mass is 10.2. The molecule has 0 bridgehead atoms. The van der Waals surface area contributed by atoms with Gasteiger partial charge in [-0.05, 0) is 13.8 Å². The van der Waals surface area contributed by atoms with Crippen LogP contribution in [0.4, 0.5) is 0 Å². The average molecular weight is 255 g/mol. The average Bonchev–Trinajstić information content (AvgIpc) is 2.66. The maximum absolute atomic E-state index is 11.7. The zero-order valence-corrected chi connectivity index (χ0v) is 10.4. The van der Waals surface area contributed by atoms with E-state index in [1.54, 1.807) is 12.0 Å². The monoisotopic (exact) mass is 255 g/mol. The Morgan fingerprint density at radius 1 is 1.56 bits per heavy atom. The van der Waals surface area contributed by atoms with Crippen LogP contribution in [-0.2, 0) is 4.84 Å². The van der Waals surface area contributed by atoms with E-state index in [9.17, 15) is 9.59 Å². The minimum absolute atomic E-state index is 0.00336. The van der Waals surface area contributed by atoms with E-state index < -0.39 is 11.9 Å². The van der Waals surface area contributed by atoms with E-state index in [2.05, 4.69) is 4.98 Å². The summed E-state index contributed by atoms with van der Waals surface area (Å²) in [4.78, 5) is 30.8. The smallest absolute Gasteiger partial charge is 0.330 e. The second-order valence-corrected chi connectivity index (χ2v) is 4.49. The number of aryl methyl sites for hydroxylation is 1. The summed E-state index contributed by atoms with van der Waals surface area (Å²) in [6.07, 6.45) is 1.70. The Labute approximate surface area is 104 Å². The van der Waals surface area contributed by atoms with Crippen LogP contribution in [0.1, 0.15) is 25.1 Å². The fourth-order valence-corrected chi connectivity index (χ4v) is 2.05. The fraction of sp³-hybridized carbons (Fsp3) is 0.636. The summed E-state index contributed by atoms with van der Waals surface area (Å²) in [5.74, 6) is 0. The van der Waals surface area contributed by atoms with Crippen LogP contribution in [0.5, 0.6) is 0 Å². The summed E-state index contributed by atoms with van der Waals surface area (Å²) >= 11 is 0. The fourth-order valence-electron chi connectivity index (χ4n) is 2.05. The van der Waals surface area contributed by atoms with E-state index in [1.165, 1.54) is 10.8 Å². The number of rotatable bonds is 3.